The summed E-state index contributed by atoms with van der Waals surface area (Å²) in [5.74, 6) is 0.270. The van der Waals surface area contributed by atoms with Gasteiger partial charge < -0.3 is 10.9 Å². The molecule has 1 aromatic carbocycles. The molecule has 0 radical (unpaired) electrons. The summed E-state index contributed by atoms with van der Waals surface area (Å²) in [6.07, 6.45) is 2.37. The number of benzene rings is 1. The summed E-state index contributed by atoms with van der Waals surface area (Å²) in [6.45, 7) is 4.65. The molecular weight excluding hydrogens is 252 g/mol. The van der Waals surface area contributed by atoms with Crippen LogP contribution in [0.2, 0.25) is 0 Å². The lowest BCUT2D eigenvalue weighted by atomic mass is 10.1. The Morgan fingerprint density at radius 1 is 1.40 bits per heavy atom. The molecule has 1 aromatic heterocycles. The Labute approximate surface area is 118 Å². The maximum Gasteiger partial charge on any atom is 0.140 e. The first-order chi connectivity index (χ1) is 9.72. The summed E-state index contributed by atoms with van der Waals surface area (Å²) in [7, 11) is 0. The maximum absolute atomic E-state index is 8.57. The Morgan fingerprint density at radius 3 is 3.00 bits per heavy atom. The van der Waals surface area contributed by atoms with Crippen molar-refractivity contribution in [1.29, 1.82) is 0 Å². The van der Waals surface area contributed by atoms with E-state index in [1.165, 1.54) is 5.56 Å². The first-order valence-corrected chi connectivity index (χ1v) is 6.75. The molecule has 0 fully saturated rings. The Kier molecular flexibility index (Phi) is 4.90. The largest absolute Gasteiger partial charge is 0.409 e. The van der Waals surface area contributed by atoms with Crippen LogP contribution in [0.5, 0.6) is 0 Å². The summed E-state index contributed by atoms with van der Waals surface area (Å²) < 4.78 is 0. The van der Waals surface area contributed by atoms with Gasteiger partial charge in [0.1, 0.15) is 5.84 Å². The number of aromatic nitrogens is 1. The molecule has 0 saturated heterocycles. The lowest BCUT2D eigenvalue weighted by Gasteiger charge is -2.20. The molecule has 0 atom stereocenters. The zero-order valence-electron chi connectivity index (χ0n) is 11.7. The number of pyridine rings is 1. The van der Waals surface area contributed by atoms with Gasteiger partial charge in [-0.1, -0.05) is 24.2 Å². The third-order valence-electron chi connectivity index (χ3n) is 3.33. The van der Waals surface area contributed by atoms with Crippen LogP contribution in [-0.2, 0) is 6.54 Å². The fraction of sp³-hybridized carbons (Fsp3) is 0.333. The number of amidine groups is 1. The van der Waals surface area contributed by atoms with E-state index in [0.29, 0.717) is 6.42 Å². The molecule has 0 spiro atoms. The van der Waals surface area contributed by atoms with Crippen LogP contribution >= 0.6 is 0 Å². The average Bonchev–Trinajstić information content (AvgIpc) is 2.50. The highest BCUT2D eigenvalue weighted by atomic mass is 16.4. The van der Waals surface area contributed by atoms with Gasteiger partial charge in [0, 0.05) is 31.1 Å². The number of nitrogens with two attached hydrogens (primary N) is 1. The molecule has 106 valence electrons. The molecular formula is C15H20N4O. The van der Waals surface area contributed by atoms with Gasteiger partial charge in [0.05, 0.1) is 5.52 Å². The van der Waals surface area contributed by atoms with E-state index >= 15 is 0 Å². The lowest BCUT2D eigenvalue weighted by molar-refractivity contribution is 0.283. The first kappa shape index (κ1) is 14.3. The number of nitrogens with zero attached hydrogens (tertiary/aromatic N) is 3. The number of hydrogen-bond acceptors (Lipinski definition) is 4. The van der Waals surface area contributed by atoms with Crippen molar-refractivity contribution in [2.24, 2.45) is 10.9 Å². The minimum atomic E-state index is 0.270. The molecule has 2 rings (SSSR count). The standard InChI is InChI=1S/C15H20N4O/c1-2-19(9-7-15(16)18-20)11-12-5-6-14-13(10-12)4-3-8-17-14/h3-6,8,10,20H,2,7,9,11H2,1H3,(H2,16,18). The highest BCUT2D eigenvalue weighted by Gasteiger charge is 2.06. The van der Waals surface area contributed by atoms with Crippen molar-refractivity contribution in [2.75, 3.05) is 13.1 Å². The van der Waals surface area contributed by atoms with Gasteiger partial charge in [-0.15, -0.1) is 0 Å². The summed E-state index contributed by atoms with van der Waals surface area (Å²) in [5, 5.41) is 12.7. The molecule has 5 heteroatoms. The minimum Gasteiger partial charge on any atom is -0.409 e. The summed E-state index contributed by atoms with van der Waals surface area (Å²) in [5.41, 5.74) is 7.76. The fourth-order valence-corrected chi connectivity index (χ4v) is 2.15. The fourth-order valence-electron chi connectivity index (χ4n) is 2.15. The van der Waals surface area contributed by atoms with E-state index in [9.17, 15) is 0 Å². The van der Waals surface area contributed by atoms with Crippen LogP contribution in [0, 0.1) is 0 Å². The van der Waals surface area contributed by atoms with Gasteiger partial charge in [-0.05, 0) is 30.3 Å². The van der Waals surface area contributed by atoms with Crippen LogP contribution in [-0.4, -0.2) is 34.0 Å². The predicted molar refractivity (Wildman–Crippen MR) is 80.7 cm³/mol. The first-order valence-electron chi connectivity index (χ1n) is 6.75. The van der Waals surface area contributed by atoms with E-state index in [1.54, 1.807) is 6.20 Å². The van der Waals surface area contributed by atoms with Crippen LogP contribution in [0.4, 0.5) is 0 Å². The van der Waals surface area contributed by atoms with Gasteiger partial charge in [-0.2, -0.15) is 0 Å². The molecule has 20 heavy (non-hydrogen) atoms. The predicted octanol–water partition coefficient (Wildman–Crippen LogP) is 2.19. The molecule has 0 aliphatic carbocycles. The van der Waals surface area contributed by atoms with E-state index in [1.807, 2.05) is 12.1 Å². The van der Waals surface area contributed by atoms with Gasteiger partial charge in [0.15, 0.2) is 0 Å². The zero-order valence-corrected chi connectivity index (χ0v) is 11.7. The van der Waals surface area contributed by atoms with Crippen LogP contribution in [0.3, 0.4) is 0 Å². The number of hydrogen-bond donors (Lipinski definition) is 2. The monoisotopic (exact) mass is 272 g/mol. The molecule has 0 saturated carbocycles. The topological polar surface area (TPSA) is 74.7 Å². The van der Waals surface area contributed by atoms with Gasteiger partial charge in [-0.25, -0.2) is 0 Å². The molecule has 0 amide bonds. The molecule has 0 unspecified atom stereocenters. The second-order valence-electron chi connectivity index (χ2n) is 4.74. The van der Waals surface area contributed by atoms with Gasteiger partial charge >= 0.3 is 0 Å². The van der Waals surface area contributed by atoms with E-state index in [2.05, 4.69) is 40.2 Å². The minimum absolute atomic E-state index is 0.270. The van der Waals surface area contributed by atoms with Crippen LogP contribution in [0.1, 0.15) is 18.9 Å². The molecule has 1 heterocycles. The van der Waals surface area contributed by atoms with Crippen molar-refractivity contribution < 1.29 is 5.21 Å². The summed E-state index contributed by atoms with van der Waals surface area (Å²) in [6, 6.07) is 10.3. The molecule has 0 aliphatic rings. The van der Waals surface area contributed by atoms with E-state index in [0.717, 1.165) is 30.5 Å². The van der Waals surface area contributed by atoms with Crippen molar-refractivity contribution in [3.8, 4) is 0 Å². The molecule has 0 bridgehead atoms. The van der Waals surface area contributed by atoms with Crippen molar-refractivity contribution in [1.82, 2.24) is 9.88 Å². The third-order valence-corrected chi connectivity index (χ3v) is 3.33. The SMILES string of the molecule is CCN(CCC(N)=NO)Cc1ccc2ncccc2c1. The zero-order chi connectivity index (χ0) is 14.4. The quantitative estimate of drug-likeness (QED) is 0.366. The number of oxime groups is 1. The van der Waals surface area contributed by atoms with E-state index in [-0.39, 0.29) is 5.84 Å². The Morgan fingerprint density at radius 2 is 2.25 bits per heavy atom. The number of fused-ring (bicyclic) bond motifs is 1. The Bertz CT molecular complexity index is 597. The van der Waals surface area contributed by atoms with Crippen molar-refractivity contribution in [3.05, 3.63) is 42.1 Å². The van der Waals surface area contributed by atoms with Gasteiger partial charge in [0.25, 0.3) is 0 Å². The van der Waals surface area contributed by atoms with Crippen LogP contribution < -0.4 is 5.73 Å². The molecule has 3 N–H and O–H groups in total. The second-order valence-corrected chi connectivity index (χ2v) is 4.74. The summed E-state index contributed by atoms with van der Waals surface area (Å²) >= 11 is 0. The van der Waals surface area contributed by atoms with Crippen LogP contribution in [0.25, 0.3) is 10.9 Å². The molecule has 2 aromatic rings. The molecule has 0 aliphatic heterocycles. The van der Waals surface area contributed by atoms with Crippen molar-refractivity contribution >= 4 is 16.7 Å². The van der Waals surface area contributed by atoms with E-state index in [4.69, 9.17) is 10.9 Å². The van der Waals surface area contributed by atoms with Crippen molar-refractivity contribution in [2.45, 2.75) is 19.9 Å². The smallest absolute Gasteiger partial charge is 0.140 e. The number of rotatable bonds is 6. The highest BCUT2D eigenvalue weighted by Crippen LogP contribution is 2.15. The highest BCUT2D eigenvalue weighted by molar-refractivity contribution is 5.80. The van der Waals surface area contributed by atoms with Gasteiger partial charge in [0.2, 0.25) is 0 Å². The maximum atomic E-state index is 8.57. The second kappa shape index (κ2) is 6.86. The lowest BCUT2D eigenvalue weighted by Crippen LogP contribution is -2.27. The van der Waals surface area contributed by atoms with Crippen molar-refractivity contribution in [3.63, 3.8) is 0 Å². The Hall–Kier alpha value is -2.14. The Balaban J connectivity index is 2.05. The average molecular weight is 272 g/mol. The normalized spacial score (nSPS) is 12.2. The summed E-state index contributed by atoms with van der Waals surface area (Å²) in [4.78, 5) is 6.58. The third kappa shape index (κ3) is 3.68. The van der Waals surface area contributed by atoms with E-state index < -0.39 is 0 Å². The van der Waals surface area contributed by atoms with Crippen LogP contribution in [0.15, 0.2) is 41.7 Å². The molecule has 5 nitrogen and oxygen atoms in total. The van der Waals surface area contributed by atoms with Gasteiger partial charge in [-0.3, -0.25) is 9.88 Å².